The van der Waals surface area contributed by atoms with E-state index in [0.29, 0.717) is 0 Å². The van der Waals surface area contributed by atoms with E-state index >= 15 is 0 Å². The lowest BCUT2D eigenvalue weighted by molar-refractivity contribution is -0.141. The molecule has 0 spiro atoms. The molecule has 2 heterocycles. The van der Waals surface area contributed by atoms with Crippen molar-refractivity contribution in [2.45, 2.75) is 69.9 Å². The number of likely N-dealkylation sites (tertiary alicyclic amines) is 1. The quantitative estimate of drug-likeness (QED) is 0.913. The van der Waals surface area contributed by atoms with Crippen molar-refractivity contribution < 1.29 is 9.59 Å². The van der Waals surface area contributed by atoms with Gasteiger partial charge >= 0.3 is 0 Å². The van der Waals surface area contributed by atoms with E-state index in [0.717, 1.165) is 69.9 Å². The van der Waals surface area contributed by atoms with Gasteiger partial charge in [0.25, 0.3) is 0 Å². The molecule has 0 unspecified atom stereocenters. The van der Waals surface area contributed by atoms with Crippen molar-refractivity contribution in [2.75, 3.05) is 6.54 Å². The number of hydrogen-bond donors (Lipinski definition) is 1. The minimum absolute atomic E-state index is 0.0190. The smallest absolute Gasteiger partial charge is 0.243 e. The molecule has 2 aliphatic carbocycles. The van der Waals surface area contributed by atoms with Crippen molar-refractivity contribution in [2.24, 2.45) is 13.0 Å². The fourth-order valence-electron chi connectivity index (χ4n) is 4.83. The molecular formula is C19H28N4O2. The van der Waals surface area contributed by atoms with Crippen LogP contribution < -0.4 is 5.32 Å². The molecule has 136 valence electrons. The van der Waals surface area contributed by atoms with Gasteiger partial charge in [0.05, 0.1) is 12.2 Å². The fraction of sp³-hybridized carbons (Fsp3) is 0.737. The normalized spacial score (nSPS) is 26.7. The van der Waals surface area contributed by atoms with Crippen LogP contribution in [0.2, 0.25) is 0 Å². The van der Waals surface area contributed by atoms with Crippen LogP contribution >= 0.6 is 0 Å². The topological polar surface area (TPSA) is 67.2 Å². The summed E-state index contributed by atoms with van der Waals surface area (Å²) >= 11 is 0. The van der Waals surface area contributed by atoms with Gasteiger partial charge in [-0.3, -0.25) is 14.3 Å². The SMILES string of the molecule is Cn1ncc2c1CCC[C@@H]2NC(=O)[C@@H]1CCCN1C(=O)C1CCCC1. The Morgan fingerprint density at radius 1 is 1.12 bits per heavy atom. The molecule has 1 aliphatic heterocycles. The molecule has 0 radical (unpaired) electrons. The zero-order valence-electron chi connectivity index (χ0n) is 15.0. The second kappa shape index (κ2) is 6.81. The van der Waals surface area contributed by atoms with Crippen LogP contribution in [0.5, 0.6) is 0 Å². The lowest BCUT2D eigenvalue weighted by Crippen LogP contribution is -2.48. The maximum Gasteiger partial charge on any atom is 0.243 e. The van der Waals surface area contributed by atoms with Gasteiger partial charge in [-0.15, -0.1) is 0 Å². The zero-order chi connectivity index (χ0) is 17.4. The number of fused-ring (bicyclic) bond motifs is 1. The summed E-state index contributed by atoms with van der Waals surface area (Å²) in [5, 5.41) is 7.57. The monoisotopic (exact) mass is 344 g/mol. The first-order valence-corrected chi connectivity index (χ1v) is 9.77. The molecule has 2 fully saturated rings. The summed E-state index contributed by atoms with van der Waals surface area (Å²) in [7, 11) is 1.96. The lowest BCUT2D eigenvalue weighted by atomic mass is 9.92. The summed E-state index contributed by atoms with van der Waals surface area (Å²) in [6.07, 6.45) is 10.9. The Labute approximate surface area is 148 Å². The lowest BCUT2D eigenvalue weighted by Gasteiger charge is -2.29. The first kappa shape index (κ1) is 16.6. The van der Waals surface area contributed by atoms with Crippen LogP contribution in [0.25, 0.3) is 0 Å². The number of nitrogens with one attached hydrogen (secondary N) is 1. The number of carbonyl (C=O) groups is 2. The highest BCUT2D eigenvalue weighted by atomic mass is 16.2. The molecule has 1 aromatic heterocycles. The first-order chi connectivity index (χ1) is 12.1. The van der Waals surface area contributed by atoms with Crippen LogP contribution in [-0.4, -0.2) is 39.1 Å². The number of carbonyl (C=O) groups excluding carboxylic acids is 2. The van der Waals surface area contributed by atoms with Gasteiger partial charge in [0.15, 0.2) is 0 Å². The van der Waals surface area contributed by atoms with E-state index in [1.807, 2.05) is 22.8 Å². The summed E-state index contributed by atoms with van der Waals surface area (Å²) in [6, 6.07) is -0.246. The largest absolute Gasteiger partial charge is 0.347 e. The third kappa shape index (κ3) is 3.07. The minimum Gasteiger partial charge on any atom is -0.347 e. The number of amides is 2. The Hall–Kier alpha value is -1.85. The molecule has 3 aliphatic rings. The Kier molecular flexibility index (Phi) is 4.52. The third-order valence-electron chi connectivity index (χ3n) is 6.24. The molecule has 0 aromatic carbocycles. The van der Waals surface area contributed by atoms with Crippen LogP contribution in [0, 0.1) is 5.92 Å². The zero-order valence-corrected chi connectivity index (χ0v) is 15.0. The highest BCUT2D eigenvalue weighted by Crippen LogP contribution is 2.32. The van der Waals surface area contributed by atoms with Gasteiger partial charge in [-0.2, -0.15) is 5.10 Å². The second-order valence-electron chi connectivity index (χ2n) is 7.79. The van der Waals surface area contributed by atoms with Crippen LogP contribution in [0.1, 0.15) is 68.7 Å². The van der Waals surface area contributed by atoms with E-state index in [2.05, 4.69) is 10.4 Å². The number of aromatic nitrogens is 2. The summed E-state index contributed by atoms with van der Waals surface area (Å²) in [5.74, 6) is 0.374. The number of hydrogen-bond acceptors (Lipinski definition) is 3. The van der Waals surface area contributed by atoms with Gasteiger partial charge in [0.2, 0.25) is 11.8 Å². The molecule has 0 bridgehead atoms. The maximum atomic E-state index is 12.9. The van der Waals surface area contributed by atoms with E-state index in [-0.39, 0.29) is 29.8 Å². The van der Waals surface area contributed by atoms with Gasteiger partial charge in [0.1, 0.15) is 6.04 Å². The molecule has 1 saturated heterocycles. The summed E-state index contributed by atoms with van der Waals surface area (Å²) in [6.45, 7) is 0.732. The molecule has 25 heavy (non-hydrogen) atoms. The Morgan fingerprint density at radius 3 is 2.72 bits per heavy atom. The molecule has 6 nitrogen and oxygen atoms in total. The van der Waals surface area contributed by atoms with Crippen LogP contribution in [-0.2, 0) is 23.1 Å². The van der Waals surface area contributed by atoms with Gasteiger partial charge in [-0.1, -0.05) is 12.8 Å². The van der Waals surface area contributed by atoms with E-state index in [1.165, 1.54) is 5.69 Å². The maximum absolute atomic E-state index is 12.9. The van der Waals surface area contributed by atoms with Crippen LogP contribution in [0.4, 0.5) is 0 Å². The molecule has 4 rings (SSSR count). The highest BCUT2D eigenvalue weighted by Gasteiger charge is 2.38. The molecule has 1 N–H and O–H groups in total. The number of nitrogens with zero attached hydrogens (tertiary/aromatic N) is 3. The van der Waals surface area contributed by atoms with E-state index < -0.39 is 0 Å². The first-order valence-electron chi connectivity index (χ1n) is 9.77. The fourth-order valence-corrected chi connectivity index (χ4v) is 4.83. The van der Waals surface area contributed by atoms with Gasteiger partial charge < -0.3 is 10.2 Å². The summed E-state index contributed by atoms with van der Waals surface area (Å²) in [4.78, 5) is 27.6. The highest BCUT2D eigenvalue weighted by molar-refractivity contribution is 5.89. The molecule has 6 heteroatoms. The summed E-state index contributed by atoms with van der Waals surface area (Å²) < 4.78 is 1.92. The van der Waals surface area contributed by atoms with E-state index in [1.54, 1.807) is 0 Å². The molecule has 2 atom stereocenters. The Morgan fingerprint density at radius 2 is 1.92 bits per heavy atom. The number of aryl methyl sites for hydroxylation is 1. The minimum atomic E-state index is -0.282. The Bertz CT molecular complexity index is 662. The molecule has 1 aromatic rings. The van der Waals surface area contributed by atoms with Crippen molar-refractivity contribution in [3.8, 4) is 0 Å². The van der Waals surface area contributed by atoms with Gasteiger partial charge in [-0.25, -0.2) is 0 Å². The summed E-state index contributed by atoms with van der Waals surface area (Å²) in [5.41, 5.74) is 2.37. The second-order valence-corrected chi connectivity index (χ2v) is 7.79. The average Bonchev–Trinajstić information content (AvgIpc) is 3.36. The third-order valence-corrected chi connectivity index (χ3v) is 6.24. The molecule has 2 amide bonds. The van der Waals surface area contributed by atoms with Crippen LogP contribution in [0.15, 0.2) is 6.20 Å². The predicted octanol–water partition coefficient (Wildman–Crippen LogP) is 2.09. The van der Waals surface area contributed by atoms with Crippen LogP contribution in [0.3, 0.4) is 0 Å². The van der Waals surface area contributed by atoms with Crippen molar-refractivity contribution in [1.82, 2.24) is 20.0 Å². The van der Waals surface area contributed by atoms with Crippen molar-refractivity contribution in [3.63, 3.8) is 0 Å². The molecule has 1 saturated carbocycles. The van der Waals surface area contributed by atoms with Gasteiger partial charge in [0, 0.05) is 30.8 Å². The van der Waals surface area contributed by atoms with Crippen molar-refractivity contribution in [3.05, 3.63) is 17.5 Å². The van der Waals surface area contributed by atoms with E-state index in [9.17, 15) is 9.59 Å². The standard InChI is InChI=1S/C19H28N4O2/c1-22-16-9-4-8-15(14(16)12-20-22)21-18(24)17-10-5-11-23(17)19(25)13-6-2-3-7-13/h12-13,15,17H,2-11H2,1H3,(H,21,24)/t15-,17-/m0/s1. The van der Waals surface area contributed by atoms with Crippen molar-refractivity contribution in [1.29, 1.82) is 0 Å². The van der Waals surface area contributed by atoms with Gasteiger partial charge in [-0.05, 0) is 44.9 Å². The predicted molar refractivity (Wildman–Crippen MR) is 93.7 cm³/mol. The number of rotatable bonds is 3. The van der Waals surface area contributed by atoms with Crippen molar-refractivity contribution >= 4 is 11.8 Å². The Balaban J connectivity index is 1.44. The average molecular weight is 344 g/mol. The van der Waals surface area contributed by atoms with E-state index in [4.69, 9.17) is 0 Å². The molecular weight excluding hydrogens is 316 g/mol.